The molecule has 0 amide bonds. The van der Waals surface area contributed by atoms with E-state index >= 15 is 0 Å². The van der Waals surface area contributed by atoms with Crippen molar-refractivity contribution in [1.82, 2.24) is 4.83 Å². The van der Waals surface area contributed by atoms with Crippen molar-refractivity contribution in [3.05, 3.63) is 95.1 Å². The summed E-state index contributed by atoms with van der Waals surface area (Å²) in [5.74, 6) is 0.686. The molecule has 1 N–H and O–H groups in total. The van der Waals surface area contributed by atoms with E-state index in [0.717, 1.165) is 16.7 Å². The monoisotopic (exact) mass is 394 g/mol. The second-order valence-corrected chi connectivity index (χ2v) is 8.17. The summed E-state index contributed by atoms with van der Waals surface area (Å²) in [6, 6.07) is 22.0. The molecule has 144 valence electrons. The van der Waals surface area contributed by atoms with E-state index in [2.05, 4.69) is 9.93 Å². The highest BCUT2D eigenvalue weighted by molar-refractivity contribution is 7.89. The SMILES string of the molecule is Cc1ccc(COc2cccc(/C=N\NS(=O)(=O)c3ccc(C)cc3)c2)cc1. The Bertz CT molecular complexity index is 1060. The average Bonchev–Trinajstić information content (AvgIpc) is 2.68. The fourth-order valence-corrected chi connectivity index (χ4v) is 3.27. The third kappa shape index (κ3) is 5.44. The maximum Gasteiger partial charge on any atom is 0.276 e. The van der Waals surface area contributed by atoms with E-state index in [1.165, 1.54) is 11.8 Å². The molecule has 0 aromatic heterocycles. The highest BCUT2D eigenvalue weighted by Gasteiger charge is 2.11. The molecule has 0 heterocycles. The van der Waals surface area contributed by atoms with Crippen molar-refractivity contribution in [2.24, 2.45) is 5.10 Å². The lowest BCUT2D eigenvalue weighted by Crippen LogP contribution is -2.18. The van der Waals surface area contributed by atoms with Gasteiger partial charge in [0.1, 0.15) is 12.4 Å². The van der Waals surface area contributed by atoms with Crippen LogP contribution in [0.2, 0.25) is 0 Å². The molecule has 0 aliphatic carbocycles. The molecular weight excluding hydrogens is 372 g/mol. The molecule has 28 heavy (non-hydrogen) atoms. The molecule has 0 bridgehead atoms. The summed E-state index contributed by atoms with van der Waals surface area (Å²) in [4.78, 5) is 2.40. The molecule has 3 aromatic carbocycles. The number of ether oxygens (including phenoxy) is 1. The van der Waals surface area contributed by atoms with Crippen LogP contribution in [0.1, 0.15) is 22.3 Å². The Morgan fingerprint density at radius 3 is 2.25 bits per heavy atom. The molecule has 0 saturated carbocycles. The van der Waals surface area contributed by atoms with Crippen molar-refractivity contribution in [2.45, 2.75) is 25.3 Å². The first kappa shape index (κ1) is 19.6. The van der Waals surface area contributed by atoms with E-state index < -0.39 is 10.0 Å². The van der Waals surface area contributed by atoms with E-state index in [9.17, 15) is 8.42 Å². The highest BCUT2D eigenvalue weighted by Crippen LogP contribution is 2.15. The lowest BCUT2D eigenvalue weighted by molar-refractivity contribution is 0.306. The highest BCUT2D eigenvalue weighted by atomic mass is 32.2. The van der Waals surface area contributed by atoms with Gasteiger partial charge in [-0.25, -0.2) is 4.83 Å². The van der Waals surface area contributed by atoms with Gasteiger partial charge in [-0.2, -0.15) is 13.5 Å². The molecule has 6 heteroatoms. The summed E-state index contributed by atoms with van der Waals surface area (Å²) in [7, 11) is -3.69. The van der Waals surface area contributed by atoms with Crippen LogP contribution in [0.5, 0.6) is 5.75 Å². The minimum atomic E-state index is -3.69. The molecule has 0 atom stereocenters. The van der Waals surface area contributed by atoms with Crippen LogP contribution in [-0.2, 0) is 16.6 Å². The number of nitrogens with zero attached hydrogens (tertiary/aromatic N) is 1. The maximum absolute atomic E-state index is 12.2. The molecule has 0 fully saturated rings. The second kappa shape index (κ2) is 8.71. The number of hydrogen-bond donors (Lipinski definition) is 1. The lowest BCUT2D eigenvalue weighted by atomic mass is 10.2. The first-order valence-electron chi connectivity index (χ1n) is 8.82. The van der Waals surface area contributed by atoms with Crippen LogP contribution in [-0.4, -0.2) is 14.6 Å². The van der Waals surface area contributed by atoms with Gasteiger partial charge in [-0.3, -0.25) is 0 Å². The summed E-state index contributed by atoms with van der Waals surface area (Å²) < 4.78 is 30.3. The number of hydrazone groups is 1. The Labute approximate surface area is 165 Å². The number of rotatable bonds is 7. The molecule has 3 rings (SSSR count). The van der Waals surface area contributed by atoms with Crippen LogP contribution in [0.3, 0.4) is 0 Å². The molecule has 0 aliphatic rings. The number of benzene rings is 3. The number of sulfonamides is 1. The largest absolute Gasteiger partial charge is 0.489 e. The van der Waals surface area contributed by atoms with Gasteiger partial charge in [-0.1, -0.05) is 59.7 Å². The van der Waals surface area contributed by atoms with Crippen molar-refractivity contribution >= 4 is 16.2 Å². The van der Waals surface area contributed by atoms with Gasteiger partial charge in [0.15, 0.2) is 0 Å². The average molecular weight is 394 g/mol. The van der Waals surface area contributed by atoms with Crippen LogP contribution in [0.25, 0.3) is 0 Å². The van der Waals surface area contributed by atoms with Gasteiger partial charge in [-0.15, -0.1) is 0 Å². The van der Waals surface area contributed by atoms with Gasteiger partial charge < -0.3 is 4.74 Å². The minimum Gasteiger partial charge on any atom is -0.489 e. The second-order valence-electron chi connectivity index (χ2n) is 6.51. The predicted octanol–water partition coefficient (Wildman–Crippen LogP) is 4.19. The van der Waals surface area contributed by atoms with Crippen molar-refractivity contribution in [3.8, 4) is 5.75 Å². The van der Waals surface area contributed by atoms with Crippen molar-refractivity contribution in [3.63, 3.8) is 0 Å². The van der Waals surface area contributed by atoms with Crippen LogP contribution in [0.15, 0.2) is 82.8 Å². The van der Waals surface area contributed by atoms with Crippen molar-refractivity contribution in [1.29, 1.82) is 0 Å². The molecule has 0 aliphatic heterocycles. The first-order chi connectivity index (χ1) is 13.4. The van der Waals surface area contributed by atoms with E-state index in [4.69, 9.17) is 4.74 Å². The van der Waals surface area contributed by atoms with E-state index in [-0.39, 0.29) is 4.90 Å². The summed E-state index contributed by atoms with van der Waals surface area (Å²) in [6.07, 6.45) is 1.45. The van der Waals surface area contributed by atoms with Crippen LogP contribution < -0.4 is 9.57 Å². The van der Waals surface area contributed by atoms with Gasteiger partial charge >= 0.3 is 0 Å². The molecular formula is C22H22N2O3S. The maximum atomic E-state index is 12.2. The predicted molar refractivity (Wildman–Crippen MR) is 111 cm³/mol. The third-order valence-corrected chi connectivity index (χ3v) is 5.34. The number of aryl methyl sites for hydroxylation is 2. The lowest BCUT2D eigenvalue weighted by Gasteiger charge is -2.07. The van der Waals surface area contributed by atoms with Gasteiger partial charge in [0.25, 0.3) is 10.0 Å². The minimum absolute atomic E-state index is 0.172. The Kier molecular flexibility index (Phi) is 6.11. The Hall–Kier alpha value is -3.12. The molecule has 0 unspecified atom stereocenters. The zero-order valence-electron chi connectivity index (χ0n) is 15.8. The summed E-state index contributed by atoms with van der Waals surface area (Å²) in [5.41, 5.74) is 4.00. The third-order valence-electron chi connectivity index (χ3n) is 4.10. The molecule has 3 aromatic rings. The number of nitrogens with one attached hydrogen (secondary N) is 1. The molecule has 0 radical (unpaired) electrons. The smallest absolute Gasteiger partial charge is 0.276 e. The van der Waals surface area contributed by atoms with Gasteiger partial charge in [0, 0.05) is 0 Å². The molecule has 0 saturated heterocycles. The molecule has 0 spiro atoms. The van der Waals surface area contributed by atoms with E-state index in [1.807, 2.05) is 56.3 Å². The zero-order valence-corrected chi connectivity index (χ0v) is 16.6. The van der Waals surface area contributed by atoms with Crippen LogP contribution >= 0.6 is 0 Å². The van der Waals surface area contributed by atoms with Crippen LogP contribution in [0.4, 0.5) is 0 Å². The fourth-order valence-electron chi connectivity index (χ4n) is 2.48. The zero-order chi connectivity index (χ0) is 20.0. The van der Waals surface area contributed by atoms with E-state index in [1.54, 1.807) is 30.3 Å². The summed E-state index contributed by atoms with van der Waals surface area (Å²) >= 11 is 0. The fraction of sp³-hybridized carbons (Fsp3) is 0.136. The molecule has 5 nitrogen and oxygen atoms in total. The first-order valence-corrected chi connectivity index (χ1v) is 10.3. The van der Waals surface area contributed by atoms with Crippen molar-refractivity contribution < 1.29 is 13.2 Å². The Morgan fingerprint density at radius 2 is 1.57 bits per heavy atom. The van der Waals surface area contributed by atoms with Gasteiger partial charge in [0.05, 0.1) is 11.1 Å². The Balaban J connectivity index is 1.62. The normalized spacial score (nSPS) is 11.5. The van der Waals surface area contributed by atoms with Crippen LogP contribution in [0, 0.1) is 13.8 Å². The number of hydrogen-bond acceptors (Lipinski definition) is 4. The standard InChI is InChI=1S/C22H22N2O3S/c1-17-6-10-19(11-7-17)16-27-21-5-3-4-20(14-21)15-23-24-28(25,26)22-12-8-18(2)9-13-22/h3-15,24H,16H2,1-2H3/b23-15-. The van der Waals surface area contributed by atoms with Crippen molar-refractivity contribution in [2.75, 3.05) is 0 Å². The van der Waals surface area contributed by atoms with Gasteiger partial charge in [-0.05, 0) is 49.2 Å². The summed E-state index contributed by atoms with van der Waals surface area (Å²) in [6.45, 7) is 4.40. The quantitative estimate of drug-likeness (QED) is 0.482. The summed E-state index contributed by atoms with van der Waals surface area (Å²) in [5, 5.41) is 3.86. The topological polar surface area (TPSA) is 67.8 Å². The van der Waals surface area contributed by atoms with Gasteiger partial charge in [0.2, 0.25) is 0 Å². The van der Waals surface area contributed by atoms with E-state index in [0.29, 0.717) is 12.4 Å². The Morgan fingerprint density at radius 1 is 0.929 bits per heavy atom.